The number of likely N-dealkylation sites (tertiary alicyclic amines) is 1. The number of aliphatic imine (C=N–C) groups is 1. The zero-order valence-corrected chi connectivity index (χ0v) is 14.9. The maximum atomic E-state index is 5.46. The molecule has 0 spiro atoms. The van der Waals surface area contributed by atoms with Crippen LogP contribution in [0.15, 0.2) is 4.99 Å². The van der Waals surface area contributed by atoms with Crippen LogP contribution in [0.25, 0.3) is 0 Å². The molecule has 0 aromatic carbocycles. The summed E-state index contributed by atoms with van der Waals surface area (Å²) < 4.78 is 10.4. The molecular weight excluding hydrogens is 292 g/mol. The summed E-state index contributed by atoms with van der Waals surface area (Å²) in [6.45, 7) is 7.95. The van der Waals surface area contributed by atoms with Crippen molar-refractivity contribution in [2.75, 3.05) is 53.1 Å². The maximum absolute atomic E-state index is 5.46. The van der Waals surface area contributed by atoms with E-state index >= 15 is 0 Å². The van der Waals surface area contributed by atoms with Crippen molar-refractivity contribution in [1.82, 2.24) is 15.5 Å². The molecule has 0 aromatic heterocycles. The summed E-state index contributed by atoms with van der Waals surface area (Å²) in [4.78, 5) is 7.28. The first kappa shape index (κ1) is 18.5. The molecule has 2 N–H and O–H groups in total. The molecule has 6 heteroatoms. The average molecular weight is 326 g/mol. The van der Waals surface area contributed by atoms with Gasteiger partial charge in [-0.15, -0.1) is 0 Å². The van der Waals surface area contributed by atoms with E-state index in [0.717, 1.165) is 25.1 Å². The van der Waals surface area contributed by atoms with Crippen LogP contribution >= 0.6 is 0 Å². The predicted octanol–water partition coefficient (Wildman–Crippen LogP) is 1.22. The summed E-state index contributed by atoms with van der Waals surface area (Å²) in [5.74, 6) is 0.918. The van der Waals surface area contributed by atoms with E-state index in [1.807, 2.05) is 0 Å². The van der Waals surface area contributed by atoms with Gasteiger partial charge < -0.3 is 20.1 Å². The lowest BCUT2D eigenvalue weighted by molar-refractivity contribution is 0.0748. The fraction of sp³-hybridized carbons (Fsp3) is 0.941. The molecule has 1 saturated heterocycles. The lowest BCUT2D eigenvalue weighted by atomic mass is 10.2. The quantitative estimate of drug-likeness (QED) is 0.379. The molecule has 1 aliphatic carbocycles. The number of nitrogens with zero attached hydrogens (tertiary/aromatic N) is 2. The Morgan fingerprint density at radius 1 is 1.17 bits per heavy atom. The number of guanidine groups is 1. The van der Waals surface area contributed by atoms with Gasteiger partial charge in [0.05, 0.1) is 26.4 Å². The van der Waals surface area contributed by atoms with Crippen LogP contribution in [0.5, 0.6) is 0 Å². The summed E-state index contributed by atoms with van der Waals surface area (Å²) in [5, 5.41) is 6.93. The zero-order valence-electron chi connectivity index (χ0n) is 14.9. The van der Waals surface area contributed by atoms with Gasteiger partial charge in [0, 0.05) is 38.8 Å². The van der Waals surface area contributed by atoms with Gasteiger partial charge in [-0.3, -0.25) is 9.89 Å². The summed E-state index contributed by atoms with van der Waals surface area (Å²) in [5.41, 5.74) is 0. The van der Waals surface area contributed by atoms with E-state index in [2.05, 4.69) is 27.4 Å². The Morgan fingerprint density at radius 3 is 2.74 bits per heavy atom. The van der Waals surface area contributed by atoms with Crippen molar-refractivity contribution in [2.45, 2.75) is 51.1 Å². The molecule has 1 atom stereocenters. The highest BCUT2D eigenvalue weighted by Crippen LogP contribution is 2.26. The lowest BCUT2D eigenvalue weighted by Crippen LogP contribution is -2.45. The highest BCUT2D eigenvalue weighted by Gasteiger charge is 2.30. The van der Waals surface area contributed by atoms with E-state index in [1.54, 1.807) is 7.11 Å². The molecule has 2 rings (SSSR count). The van der Waals surface area contributed by atoms with E-state index < -0.39 is 0 Å². The van der Waals surface area contributed by atoms with Gasteiger partial charge >= 0.3 is 0 Å². The molecule has 6 nitrogen and oxygen atoms in total. The Hall–Kier alpha value is -0.850. The van der Waals surface area contributed by atoms with Crippen molar-refractivity contribution in [1.29, 1.82) is 0 Å². The van der Waals surface area contributed by atoms with E-state index in [9.17, 15) is 0 Å². The van der Waals surface area contributed by atoms with Gasteiger partial charge in [0.25, 0.3) is 0 Å². The van der Waals surface area contributed by atoms with E-state index in [4.69, 9.17) is 9.47 Å². The first-order valence-corrected chi connectivity index (χ1v) is 9.19. The van der Waals surface area contributed by atoms with Gasteiger partial charge in [0.2, 0.25) is 0 Å². The SMILES string of the molecule is CCNC(=NCCOCCOC)NC1CCN(C2CCCC2)C1. The number of nitrogens with one attached hydrogen (secondary N) is 2. The van der Waals surface area contributed by atoms with Crippen LogP contribution in [0.4, 0.5) is 0 Å². The minimum Gasteiger partial charge on any atom is -0.382 e. The smallest absolute Gasteiger partial charge is 0.191 e. The van der Waals surface area contributed by atoms with Crippen LogP contribution in [0, 0.1) is 0 Å². The Morgan fingerprint density at radius 2 is 2.00 bits per heavy atom. The molecule has 1 heterocycles. The minimum absolute atomic E-state index is 0.516. The standard InChI is InChI=1S/C17H34N4O2/c1-3-18-17(19-9-11-23-13-12-22-2)20-15-8-10-21(14-15)16-6-4-5-7-16/h15-16H,3-14H2,1-2H3,(H2,18,19,20). The summed E-state index contributed by atoms with van der Waals surface area (Å²) >= 11 is 0. The van der Waals surface area contributed by atoms with E-state index in [1.165, 1.54) is 38.6 Å². The Balaban J connectivity index is 1.68. The zero-order chi connectivity index (χ0) is 16.3. The van der Waals surface area contributed by atoms with E-state index in [-0.39, 0.29) is 0 Å². The molecule has 1 saturated carbocycles. The molecule has 0 bridgehead atoms. The van der Waals surface area contributed by atoms with Gasteiger partial charge in [0.15, 0.2) is 5.96 Å². The van der Waals surface area contributed by atoms with Crippen LogP contribution in [-0.4, -0.2) is 76.1 Å². The minimum atomic E-state index is 0.516. The van der Waals surface area contributed by atoms with Crippen LogP contribution < -0.4 is 10.6 Å². The number of methoxy groups -OCH3 is 1. The highest BCUT2D eigenvalue weighted by molar-refractivity contribution is 5.80. The third-order valence-electron chi connectivity index (χ3n) is 4.68. The molecule has 0 amide bonds. The highest BCUT2D eigenvalue weighted by atomic mass is 16.5. The van der Waals surface area contributed by atoms with Crippen molar-refractivity contribution < 1.29 is 9.47 Å². The average Bonchev–Trinajstić information content (AvgIpc) is 3.22. The number of ether oxygens (including phenoxy) is 2. The van der Waals surface area contributed by atoms with Gasteiger partial charge in [-0.05, 0) is 26.2 Å². The van der Waals surface area contributed by atoms with Crippen molar-refractivity contribution in [3.8, 4) is 0 Å². The van der Waals surface area contributed by atoms with Crippen molar-refractivity contribution >= 4 is 5.96 Å². The Labute approximate surface area is 141 Å². The van der Waals surface area contributed by atoms with Crippen LogP contribution in [0.1, 0.15) is 39.0 Å². The molecule has 0 radical (unpaired) electrons. The number of rotatable bonds is 9. The van der Waals surface area contributed by atoms with Crippen molar-refractivity contribution in [3.63, 3.8) is 0 Å². The van der Waals surface area contributed by atoms with Crippen molar-refractivity contribution in [2.24, 2.45) is 4.99 Å². The number of hydrogen-bond donors (Lipinski definition) is 2. The van der Waals surface area contributed by atoms with Gasteiger partial charge in [0.1, 0.15) is 0 Å². The monoisotopic (exact) mass is 326 g/mol. The predicted molar refractivity (Wildman–Crippen MR) is 94.0 cm³/mol. The normalized spacial score (nSPS) is 23.6. The molecule has 1 aliphatic heterocycles. The topological polar surface area (TPSA) is 58.1 Å². The lowest BCUT2D eigenvalue weighted by Gasteiger charge is -2.24. The summed E-state index contributed by atoms with van der Waals surface area (Å²) in [7, 11) is 1.69. The van der Waals surface area contributed by atoms with Crippen LogP contribution in [-0.2, 0) is 9.47 Å². The Bertz CT molecular complexity index is 345. The Kier molecular flexibility index (Phi) is 8.71. The fourth-order valence-corrected chi connectivity index (χ4v) is 3.49. The van der Waals surface area contributed by atoms with Crippen LogP contribution in [0.3, 0.4) is 0 Å². The second-order valence-electron chi connectivity index (χ2n) is 6.43. The summed E-state index contributed by atoms with van der Waals surface area (Å²) in [6.07, 6.45) is 6.81. The molecule has 1 unspecified atom stereocenters. The first-order valence-electron chi connectivity index (χ1n) is 9.19. The molecule has 2 fully saturated rings. The van der Waals surface area contributed by atoms with Gasteiger partial charge in [-0.25, -0.2) is 0 Å². The largest absolute Gasteiger partial charge is 0.382 e. The second kappa shape index (κ2) is 10.8. The molecule has 23 heavy (non-hydrogen) atoms. The van der Waals surface area contributed by atoms with Crippen LogP contribution in [0.2, 0.25) is 0 Å². The molecular formula is C17H34N4O2. The first-order chi connectivity index (χ1) is 11.3. The number of hydrogen-bond acceptors (Lipinski definition) is 4. The molecule has 0 aromatic rings. The van der Waals surface area contributed by atoms with Gasteiger partial charge in [-0.2, -0.15) is 0 Å². The molecule has 134 valence electrons. The maximum Gasteiger partial charge on any atom is 0.191 e. The second-order valence-corrected chi connectivity index (χ2v) is 6.43. The third kappa shape index (κ3) is 6.65. The van der Waals surface area contributed by atoms with Crippen molar-refractivity contribution in [3.05, 3.63) is 0 Å². The third-order valence-corrected chi connectivity index (χ3v) is 4.68. The van der Waals surface area contributed by atoms with E-state index in [0.29, 0.717) is 32.4 Å². The summed E-state index contributed by atoms with van der Waals surface area (Å²) in [6, 6.07) is 1.35. The van der Waals surface area contributed by atoms with Gasteiger partial charge in [-0.1, -0.05) is 12.8 Å². The molecule has 2 aliphatic rings. The fourth-order valence-electron chi connectivity index (χ4n) is 3.49.